The van der Waals surface area contributed by atoms with E-state index in [4.69, 9.17) is 10.7 Å². The van der Waals surface area contributed by atoms with E-state index in [0.717, 1.165) is 5.84 Å². The first-order chi connectivity index (χ1) is 7.86. The van der Waals surface area contributed by atoms with Crippen molar-refractivity contribution in [2.75, 3.05) is 0 Å². The molecule has 2 nitrogen and oxygen atoms in total. The highest BCUT2D eigenvalue weighted by Gasteiger charge is 2.20. The zero-order valence-corrected chi connectivity index (χ0v) is 10.5. The first-order valence-electron chi connectivity index (χ1n) is 7.19. The van der Waals surface area contributed by atoms with Crippen molar-refractivity contribution in [1.29, 1.82) is 0 Å². The maximum absolute atomic E-state index is 6.15. The molecule has 0 saturated heterocycles. The fraction of sp³-hybridized carbons (Fsp3) is 0.929. The number of nitrogens with zero attached hydrogens (tertiary/aromatic N) is 1. The van der Waals surface area contributed by atoms with Crippen LogP contribution < -0.4 is 5.73 Å². The lowest BCUT2D eigenvalue weighted by molar-refractivity contribution is 0.453. The molecule has 2 N–H and O–H groups in total. The van der Waals surface area contributed by atoms with Crippen LogP contribution in [0.25, 0.3) is 0 Å². The van der Waals surface area contributed by atoms with E-state index in [1.807, 2.05) is 0 Å². The molecule has 0 aromatic rings. The Morgan fingerprint density at radius 2 is 1.25 bits per heavy atom. The third kappa shape index (κ3) is 3.50. The first kappa shape index (κ1) is 11.9. The molecular weight excluding hydrogens is 196 g/mol. The largest absolute Gasteiger partial charge is 0.387 e. The molecule has 0 bridgehead atoms. The third-order valence-corrected chi connectivity index (χ3v) is 4.18. The Hall–Kier alpha value is -0.530. The van der Waals surface area contributed by atoms with E-state index < -0.39 is 0 Å². The molecule has 0 amide bonds. The van der Waals surface area contributed by atoms with Crippen LogP contribution in [-0.2, 0) is 0 Å². The van der Waals surface area contributed by atoms with Crippen LogP contribution in [0, 0.1) is 5.92 Å². The van der Waals surface area contributed by atoms with Crippen molar-refractivity contribution in [3.8, 4) is 0 Å². The predicted molar refractivity (Wildman–Crippen MR) is 69.7 cm³/mol. The topological polar surface area (TPSA) is 38.4 Å². The molecule has 2 saturated carbocycles. The van der Waals surface area contributed by atoms with Crippen LogP contribution in [0.3, 0.4) is 0 Å². The van der Waals surface area contributed by atoms with Crippen LogP contribution in [0.2, 0.25) is 0 Å². The average Bonchev–Trinajstić information content (AvgIpc) is 2.74. The summed E-state index contributed by atoms with van der Waals surface area (Å²) in [5, 5.41) is 0. The first-order valence-corrected chi connectivity index (χ1v) is 7.19. The van der Waals surface area contributed by atoms with E-state index in [0.29, 0.717) is 12.0 Å². The highest BCUT2D eigenvalue weighted by atomic mass is 14.9. The second kappa shape index (κ2) is 6.27. The zero-order valence-electron chi connectivity index (χ0n) is 10.5. The quantitative estimate of drug-likeness (QED) is 0.562. The molecule has 0 atom stereocenters. The maximum atomic E-state index is 6.15. The third-order valence-electron chi connectivity index (χ3n) is 4.18. The van der Waals surface area contributed by atoms with E-state index in [1.165, 1.54) is 70.6 Å². The molecule has 16 heavy (non-hydrogen) atoms. The summed E-state index contributed by atoms with van der Waals surface area (Å²) in [5.41, 5.74) is 6.15. The van der Waals surface area contributed by atoms with Gasteiger partial charge in [-0.05, 0) is 25.7 Å². The summed E-state index contributed by atoms with van der Waals surface area (Å²) in [6.45, 7) is 0. The van der Waals surface area contributed by atoms with Gasteiger partial charge in [-0.15, -0.1) is 0 Å². The number of amidine groups is 1. The molecule has 2 rings (SSSR count). The van der Waals surface area contributed by atoms with Gasteiger partial charge in [0.05, 0.1) is 11.9 Å². The lowest BCUT2D eigenvalue weighted by Crippen LogP contribution is -2.24. The van der Waals surface area contributed by atoms with Gasteiger partial charge >= 0.3 is 0 Å². The van der Waals surface area contributed by atoms with Crippen LogP contribution >= 0.6 is 0 Å². The van der Waals surface area contributed by atoms with Crippen LogP contribution in [0.15, 0.2) is 4.99 Å². The maximum Gasteiger partial charge on any atom is 0.0971 e. The summed E-state index contributed by atoms with van der Waals surface area (Å²) in [6, 6.07) is 0.542. The highest BCUT2D eigenvalue weighted by Crippen LogP contribution is 2.26. The monoisotopic (exact) mass is 222 g/mol. The normalized spacial score (nSPS) is 26.6. The Kier molecular flexibility index (Phi) is 4.68. The molecule has 2 heteroatoms. The molecule has 0 unspecified atom stereocenters. The number of hydrogen-bond acceptors (Lipinski definition) is 1. The van der Waals surface area contributed by atoms with E-state index in [9.17, 15) is 0 Å². The van der Waals surface area contributed by atoms with Gasteiger partial charge < -0.3 is 5.73 Å². The van der Waals surface area contributed by atoms with E-state index in [1.54, 1.807) is 0 Å². The fourth-order valence-electron chi connectivity index (χ4n) is 3.10. The van der Waals surface area contributed by atoms with Crippen molar-refractivity contribution in [1.82, 2.24) is 0 Å². The van der Waals surface area contributed by atoms with E-state index >= 15 is 0 Å². The van der Waals surface area contributed by atoms with Crippen molar-refractivity contribution in [3.05, 3.63) is 0 Å². The number of rotatable bonds is 2. The van der Waals surface area contributed by atoms with Crippen molar-refractivity contribution >= 4 is 5.84 Å². The molecule has 0 aliphatic heterocycles. The average molecular weight is 222 g/mol. The molecular formula is C14H26N2. The Bertz CT molecular complexity index is 221. The number of aliphatic imine (C=N–C) groups is 1. The van der Waals surface area contributed by atoms with Crippen LogP contribution in [0.5, 0.6) is 0 Å². The van der Waals surface area contributed by atoms with Gasteiger partial charge in [0, 0.05) is 5.92 Å². The molecule has 0 aromatic carbocycles. The minimum absolute atomic E-state index is 0.542. The van der Waals surface area contributed by atoms with E-state index in [2.05, 4.69) is 0 Å². The van der Waals surface area contributed by atoms with Crippen molar-refractivity contribution in [3.63, 3.8) is 0 Å². The second-order valence-electron chi connectivity index (χ2n) is 5.53. The van der Waals surface area contributed by atoms with E-state index in [-0.39, 0.29) is 0 Å². The molecule has 0 heterocycles. The van der Waals surface area contributed by atoms with Gasteiger partial charge in [0.2, 0.25) is 0 Å². The van der Waals surface area contributed by atoms with Crippen molar-refractivity contribution in [2.24, 2.45) is 16.6 Å². The summed E-state index contributed by atoms with van der Waals surface area (Å²) in [6.07, 6.45) is 14.7. The molecule has 2 aliphatic carbocycles. The minimum atomic E-state index is 0.542. The molecule has 0 radical (unpaired) electrons. The Balaban J connectivity index is 1.86. The molecule has 0 spiro atoms. The summed E-state index contributed by atoms with van der Waals surface area (Å²) in [7, 11) is 0. The summed E-state index contributed by atoms with van der Waals surface area (Å²) < 4.78 is 0. The van der Waals surface area contributed by atoms with Gasteiger partial charge in [-0.1, -0.05) is 44.9 Å². The minimum Gasteiger partial charge on any atom is -0.387 e. The van der Waals surface area contributed by atoms with Crippen LogP contribution in [-0.4, -0.2) is 11.9 Å². The summed E-state index contributed by atoms with van der Waals surface area (Å²) >= 11 is 0. The number of nitrogens with two attached hydrogens (primary N) is 1. The smallest absolute Gasteiger partial charge is 0.0971 e. The summed E-state index contributed by atoms with van der Waals surface area (Å²) in [4.78, 5) is 4.81. The lowest BCUT2D eigenvalue weighted by atomic mass is 9.97. The van der Waals surface area contributed by atoms with Gasteiger partial charge in [-0.25, -0.2) is 0 Å². The lowest BCUT2D eigenvalue weighted by Gasteiger charge is -2.18. The van der Waals surface area contributed by atoms with Gasteiger partial charge in [0.25, 0.3) is 0 Å². The highest BCUT2D eigenvalue weighted by molar-refractivity contribution is 5.83. The zero-order chi connectivity index (χ0) is 11.2. The predicted octanol–water partition coefficient (Wildman–Crippen LogP) is 3.65. The van der Waals surface area contributed by atoms with Gasteiger partial charge in [0.15, 0.2) is 0 Å². The summed E-state index contributed by atoms with van der Waals surface area (Å²) in [5.74, 6) is 1.59. The molecule has 2 aliphatic rings. The van der Waals surface area contributed by atoms with Crippen LogP contribution in [0.4, 0.5) is 0 Å². The SMILES string of the molecule is NC(=NC1CCCCCCC1)C1CCCC1. The second-order valence-corrected chi connectivity index (χ2v) is 5.53. The fourth-order valence-corrected chi connectivity index (χ4v) is 3.10. The molecule has 0 aromatic heterocycles. The van der Waals surface area contributed by atoms with Gasteiger partial charge in [0.1, 0.15) is 0 Å². The molecule has 92 valence electrons. The van der Waals surface area contributed by atoms with Crippen molar-refractivity contribution in [2.45, 2.75) is 76.7 Å². The Morgan fingerprint density at radius 1 is 0.750 bits per heavy atom. The standard InChI is InChI=1S/C14H26N2/c15-14(12-8-6-7-9-12)16-13-10-4-2-1-3-5-11-13/h12-13H,1-11H2,(H2,15,16). The van der Waals surface area contributed by atoms with Crippen molar-refractivity contribution < 1.29 is 0 Å². The number of hydrogen-bond donors (Lipinski definition) is 1. The Morgan fingerprint density at radius 3 is 1.88 bits per heavy atom. The van der Waals surface area contributed by atoms with Gasteiger partial charge in [-0.2, -0.15) is 0 Å². The Labute approximate surface area is 99.7 Å². The molecule has 2 fully saturated rings. The van der Waals surface area contributed by atoms with Gasteiger partial charge in [-0.3, -0.25) is 4.99 Å². The van der Waals surface area contributed by atoms with Crippen LogP contribution in [0.1, 0.15) is 70.6 Å².